The fourth-order valence-electron chi connectivity index (χ4n) is 3.00. The second kappa shape index (κ2) is 8.11. The zero-order valence-corrected chi connectivity index (χ0v) is 14.4. The maximum Gasteiger partial charge on any atom is 0.222 e. The summed E-state index contributed by atoms with van der Waals surface area (Å²) in [5.74, 6) is 0.215. The molecule has 1 atom stereocenters. The van der Waals surface area contributed by atoms with Crippen LogP contribution in [0.3, 0.4) is 0 Å². The molecule has 1 N–H and O–H groups in total. The van der Waals surface area contributed by atoms with Gasteiger partial charge in [0.15, 0.2) is 0 Å². The molecule has 126 valence electrons. The van der Waals surface area contributed by atoms with Crippen molar-refractivity contribution >= 4 is 23.2 Å². The van der Waals surface area contributed by atoms with Crippen LogP contribution >= 0.6 is 11.3 Å². The third kappa shape index (κ3) is 4.45. The molecule has 4 nitrogen and oxygen atoms in total. The van der Waals surface area contributed by atoms with Gasteiger partial charge in [-0.05, 0) is 29.9 Å². The lowest BCUT2D eigenvalue weighted by Gasteiger charge is -2.25. The molecule has 1 aromatic heterocycles. The Morgan fingerprint density at radius 2 is 2.04 bits per heavy atom. The molecule has 1 aliphatic heterocycles. The fourth-order valence-corrected chi connectivity index (χ4v) is 3.70. The van der Waals surface area contributed by atoms with Crippen molar-refractivity contribution in [3.8, 4) is 0 Å². The number of carbonyl (C=O) groups is 2. The molecule has 5 heteroatoms. The minimum atomic E-state index is -0.149. The summed E-state index contributed by atoms with van der Waals surface area (Å²) in [4.78, 5) is 27.4. The highest BCUT2D eigenvalue weighted by atomic mass is 32.1. The summed E-state index contributed by atoms with van der Waals surface area (Å²) in [5, 5.41) is 5.14. The van der Waals surface area contributed by atoms with Crippen molar-refractivity contribution in [3.05, 3.63) is 58.3 Å². The van der Waals surface area contributed by atoms with Gasteiger partial charge in [0.2, 0.25) is 11.8 Å². The Hall–Kier alpha value is -2.14. The molecule has 2 aromatic rings. The molecule has 1 aromatic carbocycles. The van der Waals surface area contributed by atoms with Crippen LogP contribution in [0.4, 0.5) is 0 Å². The molecule has 1 aliphatic rings. The van der Waals surface area contributed by atoms with Crippen LogP contribution < -0.4 is 5.32 Å². The van der Waals surface area contributed by atoms with Gasteiger partial charge in [0.25, 0.3) is 0 Å². The first-order valence-electron chi connectivity index (χ1n) is 8.37. The number of nitrogens with one attached hydrogen (secondary N) is 1. The molecule has 0 spiro atoms. The van der Waals surface area contributed by atoms with Gasteiger partial charge in [-0.1, -0.05) is 36.4 Å². The summed E-state index contributed by atoms with van der Waals surface area (Å²) in [7, 11) is 0. The van der Waals surface area contributed by atoms with Crippen LogP contribution in [-0.2, 0) is 16.0 Å². The van der Waals surface area contributed by atoms with Gasteiger partial charge in [0.05, 0.1) is 6.04 Å². The van der Waals surface area contributed by atoms with Crippen molar-refractivity contribution in [3.63, 3.8) is 0 Å². The molecule has 2 amide bonds. The highest BCUT2D eigenvalue weighted by Gasteiger charge is 2.25. The Morgan fingerprint density at radius 1 is 1.21 bits per heavy atom. The normalized spacial score (nSPS) is 15.5. The largest absolute Gasteiger partial charge is 0.347 e. The lowest BCUT2D eigenvalue weighted by Crippen LogP contribution is -2.38. The monoisotopic (exact) mass is 342 g/mol. The molecule has 24 heavy (non-hydrogen) atoms. The van der Waals surface area contributed by atoms with Crippen molar-refractivity contribution in [2.45, 2.75) is 31.7 Å². The molecule has 0 aliphatic carbocycles. The Bertz CT molecular complexity index is 670. The number of rotatable bonds is 7. The summed E-state index contributed by atoms with van der Waals surface area (Å²) in [6.07, 6.45) is 2.76. The number of hydrogen-bond acceptors (Lipinski definition) is 3. The first-order valence-corrected chi connectivity index (χ1v) is 9.25. The van der Waals surface area contributed by atoms with E-state index in [-0.39, 0.29) is 17.9 Å². The van der Waals surface area contributed by atoms with Crippen LogP contribution in [0, 0.1) is 0 Å². The molecule has 1 fully saturated rings. The van der Waals surface area contributed by atoms with Gasteiger partial charge in [-0.25, -0.2) is 0 Å². The first-order chi connectivity index (χ1) is 11.7. The average Bonchev–Trinajstić information content (AvgIpc) is 3.25. The van der Waals surface area contributed by atoms with Crippen molar-refractivity contribution < 1.29 is 9.59 Å². The van der Waals surface area contributed by atoms with Crippen molar-refractivity contribution in [2.24, 2.45) is 0 Å². The number of likely N-dealkylation sites (tertiary alicyclic amines) is 1. The third-order valence-corrected chi connectivity index (χ3v) is 5.23. The van der Waals surface area contributed by atoms with Gasteiger partial charge in [0.1, 0.15) is 0 Å². The molecule has 1 unspecified atom stereocenters. The van der Waals surface area contributed by atoms with E-state index >= 15 is 0 Å². The Morgan fingerprint density at radius 3 is 2.71 bits per heavy atom. The summed E-state index contributed by atoms with van der Waals surface area (Å²) in [6, 6.07) is 13.8. The van der Waals surface area contributed by atoms with Crippen LogP contribution in [0.25, 0.3) is 0 Å². The van der Waals surface area contributed by atoms with Crippen LogP contribution in [0.15, 0.2) is 47.8 Å². The maximum absolute atomic E-state index is 12.4. The standard InChI is InChI=1S/C19H22N2O2S/c22-18(11-10-16-8-5-13-24-16)20-17(15-6-2-1-3-7-15)14-21-12-4-9-19(21)23/h1-3,5-8,13,17H,4,9-12,14H2,(H,20,22). The molecular weight excluding hydrogens is 320 g/mol. The predicted octanol–water partition coefficient (Wildman–Crippen LogP) is 3.16. The van der Waals surface area contributed by atoms with E-state index in [1.807, 2.05) is 46.7 Å². The zero-order valence-electron chi connectivity index (χ0n) is 13.6. The van der Waals surface area contributed by atoms with Gasteiger partial charge >= 0.3 is 0 Å². The van der Waals surface area contributed by atoms with Gasteiger partial charge in [-0.2, -0.15) is 0 Å². The molecule has 0 bridgehead atoms. The SMILES string of the molecule is O=C(CCc1cccs1)NC(CN1CCCC1=O)c1ccccc1. The molecule has 3 rings (SSSR count). The highest BCUT2D eigenvalue weighted by molar-refractivity contribution is 7.09. The first kappa shape index (κ1) is 16.7. The lowest BCUT2D eigenvalue weighted by molar-refractivity contribution is -0.129. The predicted molar refractivity (Wildman–Crippen MR) is 95.8 cm³/mol. The second-order valence-electron chi connectivity index (χ2n) is 6.05. The number of carbonyl (C=O) groups excluding carboxylic acids is 2. The summed E-state index contributed by atoms with van der Waals surface area (Å²) >= 11 is 1.67. The number of amides is 2. The average molecular weight is 342 g/mol. The Labute approximate surface area is 146 Å². The highest BCUT2D eigenvalue weighted by Crippen LogP contribution is 2.19. The van der Waals surface area contributed by atoms with Crippen LogP contribution in [-0.4, -0.2) is 29.8 Å². The third-order valence-electron chi connectivity index (χ3n) is 4.29. The van der Waals surface area contributed by atoms with Crippen LogP contribution in [0.1, 0.15) is 35.7 Å². The van der Waals surface area contributed by atoms with E-state index in [9.17, 15) is 9.59 Å². The van der Waals surface area contributed by atoms with E-state index in [1.165, 1.54) is 4.88 Å². The number of benzene rings is 1. The van der Waals surface area contributed by atoms with E-state index in [1.54, 1.807) is 11.3 Å². The number of aryl methyl sites for hydroxylation is 1. The zero-order chi connectivity index (χ0) is 16.8. The number of thiophene rings is 1. The Kier molecular flexibility index (Phi) is 5.64. The van der Waals surface area contributed by atoms with Gasteiger partial charge in [-0.3, -0.25) is 9.59 Å². The van der Waals surface area contributed by atoms with E-state index in [2.05, 4.69) is 11.4 Å². The maximum atomic E-state index is 12.4. The van der Waals surface area contributed by atoms with Gasteiger partial charge in [-0.15, -0.1) is 11.3 Å². The summed E-state index contributed by atoms with van der Waals surface area (Å²) < 4.78 is 0. The lowest BCUT2D eigenvalue weighted by atomic mass is 10.1. The van der Waals surface area contributed by atoms with Crippen molar-refractivity contribution in [2.75, 3.05) is 13.1 Å². The molecule has 0 saturated carbocycles. The second-order valence-corrected chi connectivity index (χ2v) is 7.09. The van der Waals surface area contributed by atoms with Crippen LogP contribution in [0.2, 0.25) is 0 Å². The van der Waals surface area contributed by atoms with E-state index in [0.717, 1.165) is 24.9 Å². The minimum absolute atomic E-state index is 0.0314. The molecular formula is C19H22N2O2S. The molecule has 1 saturated heterocycles. The molecule has 0 radical (unpaired) electrons. The molecule has 2 heterocycles. The van der Waals surface area contributed by atoms with E-state index in [4.69, 9.17) is 0 Å². The van der Waals surface area contributed by atoms with Crippen molar-refractivity contribution in [1.29, 1.82) is 0 Å². The van der Waals surface area contributed by atoms with E-state index < -0.39 is 0 Å². The van der Waals surface area contributed by atoms with Crippen molar-refractivity contribution in [1.82, 2.24) is 10.2 Å². The number of nitrogens with zero attached hydrogens (tertiary/aromatic N) is 1. The quantitative estimate of drug-likeness (QED) is 0.840. The number of hydrogen-bond donors (Lipinski definition) is 1. The Balaban J connectivity index is 1.63. The smallest absolute Gasteiger partial charge is 0.222 e. The van der Waals surface area contributed by atoms with Gasteiger partial charge in [0, 0.05) is 30.8 Å². The van der Waals surface area contributed by atoms with E-state index in [0.29, 0.717) is 19.4 Å². The summed E-state index contributed by atoms with van der Waals surface area (Å²) in [6.45, 7) is 1.33. The topological polar surface area (TPSA) is 49.4 Å². The minimum Gasteiger partial charge on any atom is -0.347 e. The van der Waals surface area contributed by atoms with Crippen LogP contribution in [0.5, 0.6) is 0 Å². The van der Waals surface area contributed by atoms with Gasteiger partial charge < -0.3 is 10.2 Å². The summed E-state index contributed by atoms with van der Waals surface area (Å²) in [5.41, 5.74) is 1.04. The fraction of sp³-hybridized carbons (Fsp3) is 0.368.